The van der Waals surface area contributed by atoms with Gasteiger partial charge >= 0.3 is 12.0 Å². The Bertz CT molecular complexity index is 1220. The number of rotatable bonds is 11. The van der Waals surface area contributed by atoms with E-state index < -0.39 is 40.8 Å². The van der Waals surface area contributed by atoms with Crippen molar-refractivity contribution in [1.29, 1.82) is 0 Å². The van der Waals surface area contributed by atoms with Crippen LogP contribution in [0.3, 0.4) is 0 Å². The van der Waals surface area contributed by atoms with E-state index >= 15 is 0 Å². The molecule has 1 aliphatic heterocycles. The van der Waals surface area contributed by atoms with Gasteiger partial charge in [0.05, 0.1) is 23.6 Å². The SMILES string of the molecule is CC1=NC(=O)N(CCCNCC(=O)c2cccc(F)c2)C(c2cccc([N+](=O)[O-])c2)C1C(=O)OC(C)C. The number of nitro benzene ring substituents is 1. The monoisotopic (exact) mass is 512 g/mol. The molecular formula is C26H29FN4O6. The molecule has 0 aromatic heterocycles. The second kappa shape index (κ2) is 12.3. The number of esters is 1. The topological polar surface area (TPSA) is 131 Å². The highest BCUT2D eigenvalue weighted by molar-refractivity contribution is 6.08. The average Bonchev–Trinajstić information content (AvgIpc) is 2.84. The predicted octanol–water partition coefficient (Wildman–Crippen LogP) is 4.10. The number of nitrogens with one attached hydrogen (secondary N) is 1. The van der Waals surface area contributed by atoms with E-state index in [4.69, 9.17) is 4.74 Å². The second-order valence-electron chi connectivity index (χ2n) is 8.95. The van der Waals surface area contributed by atoms with Crippen molar-refractivity contribution in [2.24, 2.45) is 10.9 Å². The van der Waals surface area contributed by atoms with Gasteiger partial charge in [-0.25, -0.2) is 14.2 Å². The van der Waals surface area contributed by atoms with Crippen molar-refractivity contribution >= 4 is 29.2 Å². The first-order valence-corrected chi connectivity index (χ1v) is 11.9. The molecule has 2 amide bonds. The predicted molar refractivity (Wildman–Crippen MR) is 134 cm³/mol. The number of non-ortho nitro benzene ring substituents is 1. The molecule has 3 rings (SSSR count). The van der Waals surface area contributed by atoms with E-state index in [-0.39, 0.29) is 35.8 Å². The number of nitrogens with zero attached hydrogens (tertiary/aromatic N) is 3. The maximum Gasteiger partial charge on any atom is 0.344 e. The lowest BCUT2D eigenvalue weighted by Crippen LogP contribution is -2.48. The minimum absolute atomic E-state index is 0.0215. The number of aliphatic imine (C=N–C) groups is 1. The molecule has 37 heavy (non-hydrogen) atoms. The minimum Gasteiger partial charge on any atom is -0.462 e. The largest absolute Gasteiger partial charge is 0.462 e. The van der Waals surface area contributed by atoms with E-state index in [0.29, 0.717) is 18.5 Å². The van der Waals surface area contributed by atoms with Crippen LogP contribution < -0.4 is 5.32 Å². The van der Waals surface area contributed by atoms with Crippen molar-refractivity contribution in [1.82, 2.24) is 10.2 Å². The van der Waals surface area contributed by atoms with Gasteiger partial charge in [0.1, 0.15) is 11.7 Å². The van der Waals surface area contributed by atoms with E-state index in [9.17, 15) is 28.9 Å². The number of ether oxygens (including phenoxy) is 1. The first kappa shape index (κ1) is 27.6. The molecule has 2 atom stereocenters. The van der Waals surface area contributed by atoms with Gasteiger partial charge in [-0.3, -0.25) is 19.7 Å². The number of ketones is 1. The van der Waals surface area contributed by atoms with Crippen molar-refractivity contribution < 1.29 is 28.4 Å². The molecule has 1 N–H and O–H groups in total. The lowest BCUT2D eigenvalue weighted by Gasteiger charge is -2.38. The number of benzene rings is 2. The Morgan fingerprint density at radius 1 is 1.22 bits per heavy atom. The lowest BCUT2D eigenvalue weighted by molar-refractivity contribution is -0.385. The van der Waals surface area contributed by atoms with Gasteiger partial charge in [0.25, 0.3) is 5.69 Å². The third-order valence-corrected chi connectivity index (χ3v) is 5.83. The van der Waals surface area contributed by atoms with E-state index in [1.165, 1.54) is 41.3 Å². The quantitative estimate of drug-likeness (QED) is 0.158. The van der Waals surface area contributed by atoms with E-state index in [2.05, 4.69) is 10.3 Å². The molecule has 0 bridgehead atoms. The van der Waals surface area contributed by atoms with Gasteiger partial charge in [-0.1, -0.05) is 24.3 Å². The summed E-state index contributed by atoms with van der Waals surface area (Å²) in [5, 5.41) is 14.4. The van der Waals surface area contributed by atoms with Crippen molar-refractivity contribution in [2.75, 3.05) is 19.6 Å². The summed E-state index contributed by atoms with van der Waals surface area (Å²) in [5.41, 5.74) is 0.762. The average molecular weight is 513 g/mol. The standard InChI is InChI=1S/C26H29FN4O6/c1-16(2)37-25(33)23-17(3)29-26(34)30(24(23)19-8-5-10-21(14-19)31(35)36)12-6-11-28-15-22(32)18-7-4-9-20(27)13-18/h4-5,7-10,13-14,16,23-24,28H,6,11-12,15H2,1-3H3. The normalized spacial score (nSPS) is 17.5. The summed E-state index contributed by atoms with van der Waals surface area (Å²) in [5.74, 6) is -2.29. The molecule has 1 aliphatic rings. The fraction of sp³-hybridized carbons (Fsp3) is 0.385. The summed E-state index contributed by atoms with van der Waals surface area (Å²) in [4.78, 5) is 54.5. The van der Waals surface area contributed by atoms with Crippen LogP contribution in [0, 0.1) is 21.8 Å². The fourth-order valence-corrected chi connectivity index (χ4v) is 4.19. The van der Waals surface area contributed by atoms with Crippen LogP contribution in [0.2, 0.25) is 0 Å². The first-order chi connectivity index (χ1) is 17.6. The fourth-order valence-electron chi connectivity index (χ4n) is 4.19. The summed E-state index contributed by atoms with van der Waals surface area (Å²) in [7, 11) is 0. The Balaban J connectivity index is 1.77. The van der Waals surface area contributed by atoms with E-state index in [1.54, 1.807) is 26.8 Å². The Kier molecular flexibility index (Phi) is 9.18. The van der Waals surface area contributed by atoms with E-state index in [0.717, 1.165) is 6.07 Å². The number of carbonyl (C=O) groups is 3. The maximum atomic E-state index is 13.4. The van der Waals surface area contributed by atoms with Crippen LogP contribution in [0.1, 0.15) is 49.2 Å². The zero-order valence-corrected chi connectivity index (χ0v) is 20.8. The van der Waals surface area contributed by atoms with Gasteiger partial charge in [-0.2, -0.15) is 0 Å². The number of carbonyl (C=O) groups excluding carboxylic acids is 3. The molecule has 0 saturated heterocycles. The van der Waals surface area contributed by atoms with Crippen LogP contribution in [-0.2, 0) is 9.53 Å². The number of urea groups is 1. The van der Waals surface area contributed by atoms with Crippen LogP contribution >= 0.6 is 0 Å². The molecule has 11 heteroatoms. The Labute approximate surface area is 213 Å². The van der Waals surface area contributed by atoms with Gasteiger partial charge in [-0.15, -0.1) is 0 Å². The molecule has 10 nitrogen and oxygen atoms in total. The smallest absolute Gasteiger partial charge is 0.344 e. The Morgan fingerprint density at radius 2 is 1.95 bits per heavy atom. The summed E-state index contributed by atoms with van der Waals surface area (Å²) >= 11 is 0. The minimum atomic E-state index is -0.940. The number of amides is 2. The highest BCUT2D eigenvalue weighted by atomic mass is 19.1. The maximum absolute atomic E-state index is 13.4. The third kappa shape index (κ3) is 7.04. The number of hydrogen-bond donors (Lipinski definition) is 1. The zero-order chi connectivity index (χ0) is 27.1. The van der Waals surface area contributed by atoms with Crippen LogP contribution in [0.4, 0.5) is 14.9 Å². The van der Waals surface area contributed by atoms with Crippen molar-refractivity contribution in [3.8, 4) is 0 Å². The summed E-state index contributed by atoms with van der Waals surface area (Å²) in [6.07, 6.45) is -0.00865. The summed E-state index contributed by atoms with van der Waals surface area (Å²) < 4.78 is 18.8. The molecule has 2 aromatic carbocycles. The molecule has 2 aromatic rings. The highest BCUT2D eigenvalue weighted by Gasteiger charge is 2.43. The van der Waals surface area contributed by atoms with E-state index in [1.807, 2.05) is 0 Å². The molecule has 0 saturated carbocycles. The van der Waals surface area contributed by atoms with Crippen LogP contribution in [0.25, 0.3) is 0 Å². The molecule has 0 spiro atoms. The van der Waals surface area contributed by atoms with Gasteiger partial charge in [-0.05, 0) is 51.4 Å². The summed E-state index contributed by atoms with van der Waals surface area (Å²) in [6.45, 7) is 5.45. The molecule has 0 radical (unpaired) electrons. The Morgan fingerprint density at radius 3 is 2.62 bits per heavy atom. The third-order valence-electron chi connectivity index (χ3n) is 5.83. The van der Waals surface area contributed by atoms with Crippen LogP contribution in [0.15, 0.2) is 53.5 Å². The number of hydrogen-bond acceptors (Lipinski definition) is 7. The van der Waals surface area contributed by atoms with Gasteiger partial charge in [0.15, 0.2) is 5.78 Å². The molecule has 0 aliphatic carbocycles. The Hall–Kier alpha value is -3.99. The molecule has 0 fully saturated rings. The lowest BCUT2D eigenvalue weighted by atomic mass is 9.86. The highest BCUT2D eigenvalue weighted by Crippen LogP contribution is 2.36. The van der Waals surface area contributed by atoms with Gasteiger partial charge in [0.2, 0.25) is 0 Å². The molecule has 1 heterocycles. The van der Waals surface area contributed by atoms with Crippen LogP contribution in [0.5, 0.6) is 0 Å². The van der Waals surface area contributed by atoms with Crippen molar-refractivity contribution in [2.45, 2.75) is 39.3 Å². The zero-order valence-electron chi connectivity index (χ0n) is 20.8. The first-order valence-electron chi connectivity index (χ1n) is 11.9. The molecular weight excluding hydrogens is 483 g/mol. The second-order valence-corrected chi connectivity index (χ2v) is 8.95. The number of nitro groups is 1. The van der Waals surface area contributed by atoms with Gasteiger partial charge in [0, 0.05) is 30.0 Å². The number of Topliss-reactive ketones (excluding diaryl/α,β-unsaturated/α-hetero) is 1. The van der Waals surface area contributed by atoms with Crippen molar-refractivity contribution in [3.63, 3.8) is 0 Å². The van der Waals surface area contributed by atoms with Gasteiger partial charge < -0.3 is 15.0 Å². The number of halogens is 1. The molecule has 2 unspecified atom stereocenters. The van der Waals surface area contributed by atoms with Crippen LogP contribution in [-0.4, -0.2) is 59.1 Å². The van der Waals surface area contributed by atoms with Crippen molar-refractivity contribution in [3.05, 3.63) is 75.6 Å². The summed E-state index contributed by atoms with van der Waals surface area (Å²) in [6, 6.07) is 9.78. The molecule has 196 valence electrons.